The third-order valence-corrected chi connectivity index (χ3v) is 1.56. The molecular formula is C9H8N2O4. The van der Waals surface area contributed by atoms with E-state index in [1.807, 2.05) is 0 Å². The summed E-state index contributed by atoms with van der Waals surface area (Å²) in [5.41, 5.74) is 0.600. The summed E-state index contributed by atoms with van der Waals surface area (Å²) in [7, 11) is 0. The van der Waals surface area contributed by atoms with Crippen LogP contribution in [0.15, 0.2) is 36.7 Å². The van der Waals surface area contributed by atoms with Gasteiger partial charge in [0.25, 0.3) is 0 Å². The first-order valence-corrected chi connectivity index (χ1v) is 3.99. The lowest BCUT2D eigenvalue weighted by molar-refractivity contribution is -0.402. The zero-order valence-electron chi connectivity index (χ0n) is 7.58. The highest BCUT2D eigenvalue weighted by atomic mass is 16.6. The lowest BCUT2D eigenvalue weighted by atomic mass is 10.2. The van der Waals surface area contributed by atoms with Crippen molar-refractivity contribution in [2.24, 2.45) is 0 Å². The number of carboxylic acids is 1. The fourth-order valence-corrected chi connectivity index (χ4v) is 0.936. The second-order valence-electron chi connectivity index (χ2n) is 2.63. The van der Waals surface area contributed by atoms with Crippen LogP contribution in [0.5, 0.6) is 0 Å². The van der Waals surface area contributed by atoms with Gasteiger partial charge in [0, 0.05) is 5.69 Å². The van der Waals surface area contributed by atoms with Crippen LogP contribution < -0.4 is 5.32 Å². The highest BCUT2D eigenvalue weighted by molar-refractivity contribution is 5.88. The van der Waals surface area contributed by atoms with Crippen LogP contribution in [0.4, 0.5) is 5.69 Å². The van der Waals surface area contributed by atoms with Gasteiger partial charge in [-0.05, 0) is 18.2 Å². The molecule has 1 aromatic carbocycles. The molecule has 0 heterocycles. The Morgan fingerprint density at radius 2 is 2.27 bits per heavy atom. The normalized spacial score (nSPS) is 10.1. The number of rotatable bonds is 4. The van der Waals surface area contributed by atoms with Gasteiger partial charge >= 0.3 is 5.97 Å². The van der Waals surface area contributed by atoms with E-state index in [1.54, 1.807) is 12.1 Å². The van der Waals surface area contributed by atoms with Gasteiger partial charge in [0.2, 0.25) is 6.20 Å². The first kappa shape index (κ1) is 10.7. The molecule has 0 aromatic heterocycles. The minimum atomic E-state index is -1.04. The summed E-state index contributed by atoms with van der Waals surface area (Å²) in [6.45, 7) is 0. The molecule has 0 saturated heterocycles. The molecule has 78 valence electrons. The Morgan fingerprint density at radius 3 is 2.87 bits per heavy atom. The molecule has 0 bridgehead atoms. The highest BCUT2D eigenvalue weighted by Gasteiger charge is 2.01. The summed E-state index contributed by atoms with van der Waals surface area (Å²) in [5, 5.41) is 21.2. The van der Waals surface area contributed by atoms with Gasteiger partial charge < -0.3 is 10.4 Å². The average molecular weight is 208 g/mol. The third kappa shape index (κ3) is 3.47. The Labute approximate surface area is 85.0 Å². The molecule has 0 aliphatic heterocycles. The van der Waals surface area contributed by atoms with Crippen molar-refractivity contribution in [2.45, 2.75) is 0 Å². The van der Waals surface area contributed by atoms with Crippen molar-refractivity contribution in [1.82, 2.24) is 0 Å². The molecule has 2 N–H and O–H groups in total. The SMILES string of the molecule is O=C(O)c1cccc(NC=C[N+](=O)[O-])c1. The van der Waals surface area contributed by atoms with Crippen molar-refractivity contribution in [3.05, 3.63) is 52.3 Å². The van der Waals surface area contributed by atoms with E-state index < -0.39 is 10.9 Å². The molecule has 1 rings (SSSR count). The molecule has 1 aromatic rings. The molecule has 6 heteroatoms. The van der Waals surface area contributed by atoms with E-state index in [0.717, 1.165) is 12.4 Å². The van der Waals surface area contributed by atoms with E-state index in [9.17, 15) is 14.9 Å². The summed E-state index contributed by atoms with van der Waals surface area (Å²) < 4.78 is 0. The van der Waals surface area contributed by atoms with Gasteiger partial charge in [-0.25, -0.2) is 4.79 Å². The van der Waals surface area contributed by atoms with E-state index >= 15 is 0 Å². The molecule has 0 radical (unpaired) electrons. The van der Waals surface area contributed by atoms with Gasteiger partial charge in [-0.3, -0.25) is 10.1 Å². The Bertz CT molecular complexity index is 414. The number of carbonyl (C=O) groups is 1. The first-order chi connectivity index (χ1) is 7.09. The van der Waals surface area contributed by atoms with Crippen molar-refractivity contribution < 1.29 is 14.8 Å². The molecule has 0 aliphatic carbocycles. The molecule has 0 unspecified atom stereocenters. The van der Waals surface area contributed by atoms with Gasteiger partial charge in [0.1, 0.15) is 0 Å². The maximum atomic E-state index is 10.6. The van der Waals surface area contributed by atoms with E-state index in [0.29, 0.717) is 5.69 Å². The summed E-state index contributed by atoms with van der Waals surface area (Å²) in [5.74, 6) is -1.04. The fourth-order valence-electron chi connectivity index (χ4n) is 0.936. The zero-order chi connectivity index (χ0) is 11.3. The van der Waals surface area contributed by atoms with Crippen LogP contribution in [0.25, 0.3) is 0 Å². The summed E-state index contributed by atoms with van der Waals surface area (Å²) in [4.78, 5) is 19.9. The van der Waals surface area contributed by atoms with E-state index in [4.69, 9.17) is 5.11 Å². The molecule has 0 saturated carbocycles. The Morgan fingerprint density at radius 1 is 1.53 bits per heavy atom. The van der Waals surface area contributed by atoms with Crippen LogP contribution in [-0.2, 0) is 0 Å². The molecule has 0 atom stereocenters. The van der Waals surface area contributed by atoms with E-state index in [-0.39, 0.29) is 5.56 Å². The van der Waals surface area contributed by atoms with Gasteiger partial charge in [0.05, 0.1) is 16.7 Å². The quantitative estimate of drug-likeness (QED) is 0.578. The topological polar surface area (TPSA) is 92.5 Å². The summed E-state index contributed by atoms with van der Waals surface area (Å²) in [6.07, 6.45) is 1.86. The first-order valence-electron chi connectivity index (χ1n) is 3.99. The van der Waals surface area contributed by atoms with E-state index in [2.05, 4.69) is 5.32 Å². The molecule has 0 fully saturated rings. The molecule has 6 nitrogen and oxygen atoms in total. The summed E-state index contributed by atoms with van der Waals surface area (Å²) >= 11 is 0. The predicted molar refractivity (Wildman–Crippen MR) is 53.2 cm³/mol. The number of nitro groups is 1. The summed E-state index contributed by atoms with van der Waals surface area (Å²) in [6, 6.07) is 5.97. The number of nitrogens with one attached hydrogen (secondary N) is 1. The van der Waals surface area contributed by atoms with Gasteiger partial charge in [-0.1, -0.05) is 6.07 Å². The van der Waals surface area contributed by atoms with Crippen LogP contribution >= 0.6 is 0 Å². The minimum Gasteiger partial charge on any atom is -0.478 e. The van der Waals surface area contributed by atoms with Crippen LogP contribution in [-0.4, -0.2) is 16.0 Å². The largest absolute Gasteiger partial charge is 0.478 e. The maximum Gasteiger partial charge on any atom is 0.335 e. The van der Waals surface area contributed by atoms with Crippen molar-refractivity contribution in [1.29, 1.82) is 0 Å². The third-order valence-electron chi connectivity index (χ3n) is 1.56. The van der Waals surface area contributed by atoms with Crippen molar-refractivity contribution >= 4 is 11.7 Å². The minimum absolute atomic E-state index is 0.120. The second-order valence-corrected chi connectivity index (χ2v) is 2.63. The molecule has 15 heavy (non-hydrogen) atoms. The average Bonchev–Trinajstić information content (AvgIpc) is 2.17. The number of aromatic carboxylic acids is 1. The molecular weight excluding hydrogens is 200 g/mol. The zero-order valence-corrected chi connectivity index (χ0v) is 7.58. The maximum absolute atomic E-state index is 10.6. The smallest absolute Gasteiger partial charge is 0.335 e. The van der Waals surface area contributed by atoms with E-state index in [1.165, 1.54) is 12.1 Å². The monoisotopic (exact) mass is 208 g/mol. The number of hydrogen-bond acceptors (Lipinski definition) is 4. The van der Waals surface area contributed by atoms with Crippen LogP contribution in [0.2, 0.25) is 0 Å². The molecule has 0 amide bonds. The lowest BCUT2D eigenvalue weighted by Crippen LogP contribution is -1.97. The Hall–Kier alpha value is -2.37. The lowest BCUT2D eigenvalue weighted by Gasteiger charge is -2.00. The number of benzene rings is 1. The molecule has 0 spiro atoms. The van der Waals surface area contributed by atoms with Crippen LogP contribution in [0.1, 0.15) is 10.4 Å². The number of anilines is 1. The van der Waals surface area contributed by atoms with Crippen molar-refractivity contribution in [3.63, 3.8) is 0 Å². The van der Waals surface area contributed by atoms with Crippen molar-refractivity contribution in [3.8, 4) is 0 Å². The number of nitrogens with zero attached hydrogens (tertiary/aromatic N) is 1. The predicted octanol–water partition coefficient (Wildman–Crippen LogP) is 1.54. The van der Waals surface area contributed by atoms with Crippen LogP contribution in [0, 0.1) is 10.1 Å². The number of hydrogen-bond donors (Lipinski definition) is 2. The van der Waals surface area contributed by atoms with Crippen LogP contribution in [0.3, 0.4) is 0 Å². The fraction of sp³-hybridized carbons (Fsp3) is 0. The molecule has 0 aliphatic rings. The second kappa shape index (κ2) is 4.75. The van der Waals surface area contributed by atoms with Gasteiger partial charge in [-0.2, -0.15) is 0 Å². The Kier molecular flexibility index (Phi) is 3.39. The number of carboxylic acid groups (broad SMARTS) is 1. The van der Waals surface area contributed by atoms with Crippen molar-refractivity contribution in [2.75, 3.05) is 5.32 Å². The van der Waals surface area contributed by atoms with Gasteiger partial charge in [0.15, 0.2) is 0 Å². The highest BCUT2D eigenvalue weighted by Crippen LogP contribution is 2.10. The van der Waals surface area contributed by atoms with Gasteiger partial charge in [-0.15, -0.1) is 0 Å². The Balaban J connectivity index is 2.74. The standard InChI is InChI=1S/C9H8N2O4/c12-9(13)7-2-1-3-8(6-7)10-4-5-11(14)15/h1-6,10H,(H,12,13).